The smallest absolute Gasteiger partial charge is 0.464 e. The zero-order valence-electron chi connectivity index (χ0n) is 20.5. The predicted molar refractivity (Wildman–Crippen MR) is 140 cm³/mol. The fourth-order valence-electron chi connectivity index (χ4n) is 6.29. The van der Waals surface area contributed by atoms with E-state index in [1.807, 2.05) is 42.7 Å². The molecule has 1 aromatic heterocycles. The first-order valence-electron chi connectivity index (χ1n) is 12.6. The van der Waals surface area contributed by atoms with Gasteiger partial charge < -0.3 is 13.7 Å². The number of hydrogen-bond donors (Lipinski definition) is 1. The van der Waals surface area contributed by atoms with Crippen LogP contribution in [0.15, 0.2) is 59.2 Å². The van der Waals surface area contributed by atoms with Crippen molar-refractivity contribution < 1.29 is 18.5 Å². The molecule has 3 aliphatic carbocycles. The lowest BCUT2D eigenvalue weighted by Crippen LogP contribution is -2.59. The third-order valence-corrected chi connectivity index (χ3v) is 9.51. The van der Waals surface area contributed by atoms with Crippen molar-refractivity contribution in [3.05, 3.63) is 71.5 Å². The monoisotopic (exact) mass is 489 g/mol. The van der Waals surface area contributed by atoms with Crippen LogP contribution in [0.5, 0.6) is 0 Å². The molecule has 1 aliphatic heterocycles. The Bertz CT molecular complexity index is 1240. The average Bonchev–Trinajstić information content (AvgIpc) is 3.47. The van der Waals surface area contributed by atoms with Crippen LogP contribution >= 0.6 is 11.9 Å². The summed E-state index contributed by atoms with van der Waals surface area (Å²) in [4.78, 5) is 11.8. The van der Waals surface area contributed by atoms with Crippen LogP contribution in [0.4, 0.5) is 0 Å². The minimum absolute atomic E-state index is 0.0251. The molecule has 182 valence electrons. The third kappa shape index (κ3) is 4.27. The zero-order valence-corrected chi connectivity index (χ0v) is 21.3. The SMILES string of the molecule is CC(=O)c1cccc(CSNC(Cc2coc3ccccc23)B2OC3CC4CC(C3O2)C4(C)C)c1. The molecule has 35 heavy (non-hydrogen) atoms. The summed E-state index contributed by atoms with van der Waals surface area (Å²) in [5, 5.41) is 1.14. The van der Waals surface area contributed by atoms with E-state index in [2.05, 4.69) is 30.7 Å². The number of ketones is 1. The molecule has 2 bridgehead atoms. The molecule has 4 fully saturated rings. The van der Waals surface area contributed by atoms with E-state index in [9.17, 15) is 4.79 Å². The van der Waals surface area contributed by atoms with Gasteiger partial charge in [-0.2, -0.15) is 0 Å². The van der Waals surface area contributed by atoms with Crippen molar-refractivity contribution in [1.29, 1.82) is 0 Å². The summed E-state index contributed by atoms with van der Waals surface area (Å²) in [6.45, 7) is 6.38. The van der Waals surface area contributed by atoms with E-state index in [0.29, 0.717) is 11.3 Å². The lowest BCUT2D eigenvalue weighted by Gasteiger charge is -2.60. The number of Topliss-reactive ketones (excluding diaryl/α,β-unsaturated/α-hetero) is 1. The van der Waals surface area contributed by atoms with Crippen molar-refractivity contribution in [3.8, 4) is 0 Å². The van der Waals surface area contributed by atoms with Crippen molar-refractivity contribution in [2.45, 2.75) is 63.9 Å². The van der Waals surface area contributed by atoms with Gasteiger partial charge in [-0.05, 0) is 66.7 Å². The number of carbonyl (C=O) groups is 1. The Morgan fingerprint density at radius 2 is 2.03 bits per heavy atom. The number of hydrogen-bond acceptors (Lipinski definition) is 6. The lowest BCUT2D eigenvalue weighted by atomic mass is 9.47. The van der Waals surface area contributed by atoms with Crippen LogP contribution in [0.25, 0.3) is 11.0 Å². The van der Waals surface area contributed by atoms with Crippen molar-refractivity contribution >= 4 is 35.8 Å². The number of carbonyl (C=O) groups excluding carboxylic acids is 1. The maximum Gasteiger partial charge on any atom is 0.477 e. The van der Waals surface area contributed by atoms with Gasteiger partial charge in [-0.25, -0.2) is 0 Å². The van der Waals surface area contributed by atoms with Gasteiger partial charge in [-0.3, -0.25) is 9.52 Å². The number of benzene rings is 2. The first kappa shape index (κ1) is 23.3. The highest BCUT2D eigenvalue weighted by Gasteiger charge is 2.62. The van der Waals surface area contributed by atoms with E-state index < -0.39 is 0 Å². The van der Waals surface area contributed by atoms with Crippen molar-refractivity contribution in [2.24, 2.45) is 17.3 Å². The third-order valence-electron chi connectivity index (χ3n) is 8.56. The summed E-state index contributed by atoms with van der Waals surface area (Å²) in [5.41, 5.74) is 4.27. The van der Waals surface area contributed by atoms with E-state index >= 15 is 0 Å². The van der Waals surface area contributed by atoms with Crippen LogP contribution in [-0.2, 0) is 21.5 Å². The Morgan fingerprint density at radius 1 is 1.17 bits per heavy atom. The summed E-state index contributed by atoms with van der Waals surface area (Å²) in [6, 6.07) is 16.0. The molecule has 0 amide bonds. The molecule has 5 atom stereocenters. The first-order chi connectivity index (χ1) is 16.9. The highest BCUT2D eigenvalue weighted by Crippen LogP contribution is 2.61. The van der Waals surface area contributed by atoms with Gasteiger partial charge in [0.1, 0.15) is 5.58 Å². The van der Waals surface area contributed by atoms with Crippen LogP contribution < -0.4 is 4.72 Å². The molecule has 5 unspecified atom stereocenters. The number of fused-ring (bicyclic) bond motifs is 1. The molecule has 5 nitrogen and oxygen atoms in total. The molecule has 0 spiro atoms. The van der Waals surface area contributed by atoms with E-state index in [4.69, 9.17) is 13.7 Å². The van der Waals surface area contributed by atoms with Gasteiger partial charge in [0.05, 0.1) is 24.4 Å². The van der Waals surface area contributed by atoms with Crippen molar-refractivity contribution in [1.82, 2.24) is 4.72 Å². The molecule has 7 rings (SSSR count). The van der Waals surface area contributed by atoms with E-state index in [1.54, 1.807) is 18.9 Å². The summed E-state index contributed by atoms with van der Waals surface area (Å²) < 4.78 is 22.7. The molecular weight excluding hydrogens is 457 g/mol. The predicted octanol–water partition coefficient (Wildman–Crippen LogP) is 5.86. The van der Waals surface area contributed by atoms with Crippen LogP contribution in [-0.4, -0.2) is 31.1 Å². The molecule has 1 N–H and O–H groups in total. The molecule has 1 saturated heterocycles. The summed E-state index contributed by atoms with van der Waals surface area (Å²) in [5.74, 6) is 2.13. The highest BCUT2D eigenvalue weighted by atomic mass is 32.2. The van der Waals surface area contributed by atoms with Gasteiger partial charge in [0.2, 0.25) is 0 Å². The Kier molecular flexibility index (Phi) is 6.08. The van der Waals surface area contributed by atoms with E-state index in [-0.39, 0.29) is 31.1 Å². The molecule has 7 heteroatoms. The molecule has 3 saturated carbocycles. The van der Waals surface area contributed by atoms with Gasteiger partial charge in [-0.1, -0.05) is 62.2 Å². The zero-order chi connectivity index (χ0) is 24.2. The summed E-state index contributed by atoms with van der Waals surface area (Å²) in [6.07, 6.45) is 5.34. The van der Waals surface area contributed by atoms with Crippen LogP contribution in [0, 0.1) is 17.3 Å². The second-order valence-corrected chi connectivity index (χ2v) is 11.8. The number of para-hydroxylation sites is 1. The molecule has 2 aromatic carbocycles. The Hall–Kier alpha value is -2.06. The highest BCUT2D eigenvalue weighted by molar-refractivity contribution is 7.96. The largest absolute Gasteiger partial charge is 0.477 e. The lowest BCUT2D eigenvalue weighted by molar-refractivity contribution is -0.150. The summed E-state index contributed by atoms with van der Waals surface area (Å²) in [7, 11) is -0.301. The van der Waals surface area contributed by atoms with Gasteiger partial charge in [-0.15, -0.1) is 0 Å². The number of rotatable bonds is 8. The van der Waals surface area contributed by atoms with Gasteiger partial charge in [0.15, 0.2) is 5.78 Å². The normalized spacial score (nSPS) is 27.5. The van der Waals surface area contributed by atoms with E-state index in [1.165, 1.54) is 6.42 Å². The number of nitrogens with one attached hydrogen (secondary N) is 1. The minimum atomic E-state index is -0.301. The average molecular weight is 489 g/mol. The van der Waals surface area contributed by atoms with Crippen molar-refractivity contribution in [3.63, 3.8) is 0 Å². The second kappa shape index (κ2) is 9.11. The van der Waals surface area contributed by atoms with Crippen LogP contribution in [0.3, 0.4) is 0 Å². The Labute approximate surface area is 211 Å². The van der Waals surface area contributed by atoms with Gasteiger partial charge in [0, 0.05) is 16.7 Å². The fourth-order valence-corrected chi connectivity index (χ4v) is 7.12. The van der Waals surface area contributed by atoms with E-state index in [0.717, 1.165) is 52.2 Å². The molecule has 2 heterocycles. The van der Waals surface area contributed by atoms with Gasteiger partial charge >= 0.3 is 7.12 Å². The second-order valence-electron chi connectivity index (χ2n) is 11.0. The first-order valence-corrected chi connectivity index (χ1v) is 13.6. The molecule has 4 aliphatic rings. The summed E-state index contributed by atoms with van der Waals surface area (Å²) >= 11 is 1.64. The maximum absolute atomic E-state index is 11.8. The topological polar surface area (TPSA) is 60.7 Å². The quantitative estimate of drug-likeness (QED) is 0.243. The maximum atomic E-state index is 11.8. The fraction of sp³-hybridized carbons (Fsp3) is 0.464. The molecule has 3 aromatic rings. The number of furan rings is 1. The Balaban J connectivity index is 1.19. The Morgan fingerprint density at radius 3 is 2.86 bits per heavy atom. The standard InChI is InChI=1S/C28H32BNO4S/c1-17(31)19-8-6-7-18(11-19)16-35-30-26(12-20-15-32-24-10-5-4-9-22(20)24)29-33-25-14-21-13-23(27(25)34-29)28(21,2)3/h4-11,15,21,23,25-27,30H,12-14,16H2,1-3H3. The minimum Gasteiger partial charge on any atom is -0.464 e. The van der Waals surface area contributed by atoms with Crippen LogP contribution in [0.1, 0.15) is 55.1 Å². The van der Waals surface area contributed by atoms with Crippen molar-refractivity contribution in [2.75, 3.05) is 0 Å². The van der Waals surface area contributed by atoms with Crippen LogP contribution in [0.2, 0.25) is 0 Å². The molecular formula is C28H32BNO4S. The van der Waals surface area contributed by atoms with Gasteiger partial charge in [0.25, 0.3) is 0 Å². The molecule has 0 radical (unpaired) electrons.